The van der Waals surface area contributed by atoms with E-state index in [9.17, 15) is 5.11 Å². The first-order valence-corrected chi connectivity index (χ1v) is 7.74. The van der Waals surface area contributed by atoms with Crippen LogP contribution >= 0.6 is 0 Å². The highest BCUT2D eigenvalue weighted by Crippen LogP contribution is 2.26. The fourth-order valence-electron chi connectivity index (χ4n) is 2.57. The number of ether oxygens (including phenoxy) is 1. The van der Waals surface area contributed by atoms with Crippen molar-refractivity contribution in [1.82, 2.24) is 10.1 Å². The third-order valence-electron chi connectivity index (χ3n) is 3.94. The van der Waals surface area contributed by atoms with Gasteiger partial charge in [0.1, 0.15) is 0 Å². The van der Waals surface area contributed by atoms with Crippen LogP contribution in [0, 0.1) is 0 Å². The summed E-state index contributed by atoms with van der Waals surface area (Å²) < 4.78 is 10.8. The lowest BCUT2D eigenvalue weighted by molar-refractivity contribution is 0.0714. The van der Waals surface area contributed by atoms with Crippen molar-refractivity contribution in [2.75, 3.05) is 13.2 Å². The van der Waals surface area contributed by atoms with Crippen molar-refractivity contribution in [3.8, 4) is 11.5 Å². The fourth-order valence-corrected chi connectivity index (χ4v) is 2.57. The topological polar surface area (TPSA) is 68.4 Å². The first-order chi connectivity index (χ1) is 10.5. The van der Waals surface area contributed by atoms with Gasteiger partial charge in [-0.05, 0) is 50.8 Å². The molecular weight excluding hydrogens is 280 g/mol. The summed E-state index contributed by atoms with van der Waals surface area (Å²) >= 11 is 0. The Labute approximate surface area is 130 Å². The minimum atomic E-state index is -0.657. The summed E-state index contributed by atoms with van der Waals surface area (Å²) in [6, 6.07) is 8.05. The zero-order chi connectivity index (χ0) is 15.6. The maximum Gasteiger partial charge on any atom is 0.257 e. The molecule has 0 radical (unpaired) electrons. The molecule has 118 valence electrons. The van der Waals surface area contributed by atoms with Crippen molar-refractivity contribution >= 4 is 0 Å². The predicted octanol–water partition coefficient (Wildman–Crippen LogP) is 2.94. The number of nitrogens with zero attached hydrogens (tertiary/aromatic N) is 2. The van der Waals surface area contributed by atoms with E-state index < -0.39 is 5.60 Å². The van der Waals surface area contributed by atoms with Crippen LogP contribution in [-0.4, -0.2) is 34.1 Å². The van der Waals surface area contributed by atoms with Crippen LogP contribution in [-0.2, 0) is 11.2 Å². The van der Waals surface area contributed by atoms with Gasteiger partial charge >= 0.3 is 0 Å². The quantitative estimate of drug-likeness (QED) is 0.919. The molecule has 3 rings (SSSR count). The molecule has 5 nitrogen and oxygen atoms in total. The van der Waals surface area contributed by atoms with E-state index >= 15 is 0 Å². The van der Waals surface area contributed by atoms with E-state index in [1.54, 1.807) is 0 Å². The van der Waals surface area contributed by atoms with Crippen LogP contribution in [0.2, 0.25) is 0 Å². The summed E-state index contributed by atoms with van der Waals surface area (Å²) in [6.07, 6.45) is 2.48. The second-order valence-electron chi connectivity index (χ2n) is 6.53. The highest BCUT2D eigenvalue weighted by molar-refractivity contribution is 5.54. The monoisotopic (exact) mass is 302 g/mol. The van der Waals surface area contributed by atoms with Crippen LogP contribution in [0.3, 0.4) is 0 Å². The molecule has 5 heteroatoms. The molecule has 0 saturated carbocycles. The van der Waals surface area contributed by atoms with Gasteiger partial charge in [-0.2, -0.15) is 4.98 Å². The molecule has 22 heavy (non-hydrogen) atoms. The molecule has 1 saturated heterocycles. The number of aryl methyl sites for hydroxylation is 1. The molecule has 1 N–H and O–H groups in total. The number of benzene rings is 1. The average Bonchev–Trinajstić information content (AvgIpc) is 3.15. The van der Waals surface area contributed by atoms with E-state index in [0.717, 1.165) is 36.4 Å². The third-order valence-corrected chi connectivity index (χ3v) is 3.94. The largest absolute Gasteiger partial charge is 0.390 e. The lowest BCUT2D eigenvalue weighted by atomic mass is 9.98. The van der Waals surface area contributed by atoms with E-state index in [-0.39, 0.29) is 5.92 Å². The summed E-state index contributed by atoms with van der Waals surface area (Å²) in [6.45, 7) is 5.08. The van der Waals surface area contributed by atoms with Gasteiger partial charge < -0.3 is 14.4 Å². The Balaban J connectivity index is 1.74. The summed E-state index contributed by atoms with van der Waals surface area (Å²) in [4.78, 5) is 4.51. The average molecular weight is 302 g/mol. The van der Waals surface area contributed by atoms with Gasteiger partial charge in [-0.25, -0.2) is 0 Å². The van der Waals surface area contributed by atoms with Crippen molar-refractivity contribution < 1.29 is 14.4 Å². The summed E-state index contributed by atoms with van der Waals surface area (Å²) in [5, 5.41) is 13.9. The fraction of sp³-hybridized carbons (Fsp3) is 0.529. The van der Waals surface area contributed by atoms with E-state index in [1.165, 1.54) is 0 Å². The third kappa shape index (κ3) is 3.72. The van der Waals surface area contributed by atoms with Crippen molar-refractivity contribution in [3.63, 3.8) is 0 Å². The summed E-state index contributed by atoms with van der Waals surface area (Å²) in [5.74, 6) is 1.53. The van der Waals surface area contributed by atoms with Gasteiger partial charge in [0.2, 0.25) is 0 Å². The second-order valence-corrected chi connectivity index (χ2v) is 6.53. The van der Waals surface area contributed by atoms with Gasteiger partial charge in [-0.15, -0.1) is 0 Å². The maximum atomic E-state index is 9.84. The van der Waals surface area contributed by atoms with Gasteiger partial charge in [0, 0.05) is 18.1 Å². The molecule has 1 aliphatic rings. The molecule has 1 aromatic heterocycles. The van der Waals surface area contributed by atoms with Gasteiger partial charge in [0.25, 0.3) is 5.89 Å². The van der Waals surface area contributed by atoms with Crippen molar-refractivity contribution in [1.29, 1.82) is 0 Å². The molecule has 2 aromatic rings. The Kier molecular flexibility index (Phi) is 4.27. The Morgan fingerprint density at radius 1 is 1.36 bits per heavy atom. The number of aliphatic hydroxyl groups is 1. The summed E-state index contributed by atoms with van der Waals surface area (Å²) in [7, 11) is 0. The Hall–Kier alpha value is -1.72. The zero-order valence-corrected chi connectivity index (χ0v) is 13.1. The molecule has 0 spiro atoms. The highest BCUT2D eigenvalue weighted by Gasteiger charge is 2.23. The molecule has 2 heterocycles. The SMILES string of the molecule is CC(C)(O)CCc1cccc(-c2nc([C@@H]3CCOC3)no2)c1. The number of aromatic nitrogens is 2. The van der Waals surface area contributed by atoms with Gasteiger partial charge in [-0.1, -0.05) is 17.3 Å². The number of hydrogen-bond donors (Lipinski definition) is 1. The summed E-state index contributed by atoms with van der Waals surface area (Å²) in [5.41, 5.74) is 1.42. The van der Waals surface area contributed by atoms with E-state index in [4.69, 9.17) is 9.26 Å². The molecule has 0 bridgehead atoms. The molecule has 0 aliphatic carbocycles. The van der Waals surface area contributed by atoms with Gasteiger partial charge in [0.15, 0.2) is 5.82 Å². The van der Waals surface area contributed by atoms with E-state index in [0.29, 0.717) is 18.9 Å². The van der Waals surface area contributed by atoms with Crippen LogP contribution in [0.15, 0.2) is 28.8 Å². The van der Waals surface area contributed by atoms with Crippen LogP contribution in [0.25, 0.3) is 11.5 Å². The molecule has 1 aliphatic heterocycles. The second kappa shape index (κ2) is 6.18. The smallest absolute Gasteiger partial charge is 0.257 e. The maximum absolute atomic E-state index is 9.84. The van der Waals surface area contributed by atoms with E-state index in [2.05, 4.69) is 16.2 Å². The van der Waals surface area contributed by atoms with Crippen molar-refractivity contribution in [2.45, 2.75) is 44.6 Å². The lowest BCUT2D eigenvalue weighted by Gasteiger charge is -2.16. The minimum absolute atomic E-state index is 0.246. The predicted molar refractivity (Wildman–Crippen MR) is 82.5 cm³/mol. The Morgan fingerprint density at radius 3 is 2.95 bits per heavy atom. The molecule has 0 amide bonds. The molecule has 0 unspecified atom stereocenters. The van der Waals surface area contributed by atoms with Crippen molar-refractivity contribution in [2.24, 2.45) is 0 Å². The van der Waals surface area contributed by atoms with E-state index in [1.807, 2.05) is 32.0 Å². The molecule has 1 aromatic carbocycles. The molecule has 1 atom stereocenters. The lowest BCUT2D eigenvalue weighted by Crippen LogP contribution is -2.19. The zero-order valence-electron chi connectivity index (χ0n) is 13.1. The number of rotatable bonds is 5. The normalized spacial score (nSPS) is 18.8. The van der Waals surface area contributed by atoms with Gasteiger partial charge in [0.05, 0.1) is 12.2 Å². The highest BCUT2D eigenvalue weighted by atomic mass is 16.5. The molecule has 1 fully saturated rings. The standard InChI is InChI=1S/C17H22N2O3/c1-17(2,20)8-6-12-4-3-5-13(10-12)16-18-15(19-22-16)14-7-9-21-11-14/h3-5,10,14,20H,6-9,11H2,1-2H3/t14-/m1/s1. The van der Waals surface area contributed by atoms with Crippen LogP contribution < -0.4 is 0 Å². The van der Waals surface area contributed by atoms with Crippen molar-refractivity contribution in [3.05, 3.63) is 35.7 Å². The van der Waals surface area contributed by atoms with Gasteiger partial charge in [-0.3, -0.25) is 0 Å². The Bertz CT molecular complexity index is 625. The Morgan fingerprint density at radius 2 is 2.23 bits per heavy atom. The van der Waals surface area contributed by atoms with Crippen LogP contribution in [0.4, 0.5) is 0 Å². The molecular formula is C17H22N2O3. The minimum Gasteiger partial charge on any atom is -0.390 e. The van der Waals surface area contributed by atoms with Crippen LogP contribution in [0.5, 0.6) is 0 Å². The number of hydrogen-bond acceptors (Lipinski definition) is 5. The first-order valence-electron chi connectivity index (χ1n) is 7.74. The van der Waals surface area contributed by atoms with Crippen LogP contribution in [0.1, 0.15) is 44.0 Å². The first kappa shape index (κ1) is 15.2.